The zero-order valence-corrected chi connectivity index (χ0v) is 23.6. The molecule has 4 unspecified atom stereocenters. The van der Waals surface area contributed by atoms with Gasteiger partial charge in [-0.2, -0.15) is 13.2 Å². The first-order valence-corrected chi connectivity index (χ1v) is 15.0. The van der Waals surface area contributed by atoms with Gasteiger partial charge in [-0.15, -0.1) is 0 Å². The van der Waals surface area contributed by atoms with Crippen molar-refractivity contribution in [1.29, 1.82) is 0 Å². The van der Waals surface area contributed by atoms with E-state index in [0.29, 0.717) is 51.1 Å². The number of halogens is 5. The van der Waals surface area contributed by atoms with E-state index in [0.717, 1.165) is 18.4 Å². The van der Waals surface area contributed by atoms with Gasteiger partial charge >= 0.3 is 6.18 Å². The van der Waals surface area contributed by atoms with Gasteiger partial charge in [-0.1, -0.05) is 42.5 Å². The van der Waals surface area contributed by atoms with Gasteiger partial charge in [-0.05, 0) is 54.7 Å². The highest BCUT2D eigenvalue weighted by atomic mass is 19.4. The zero-order valence-electron chi connectivity index (χ0n) is 23.6. The smallest absolute Gasteiger partial charge is 0.422 e. The number of hydrogen-bond acceptors (Lipinski definition) is 4. The second-order valence-corrected chi connectivity index (χ2v) is 12.6. The van der Waals surface area contributed by atoms with Gasteiger partial charge in [0, 0.05) is 62.6 Å². The summed E-state index contributed by atoms with van der Waals surface area (Å²) in [4.78, 5) is 16.6. The number of hydrogen-bond donors (Lipinski definition) is 2. The van der Waals surface area contributed by atoms with Crippen LogP contribution in [0.25, 0.3) is 0 Å². The van der Waals surface area contributed by atoms with E-state index in [4.69, 9.17) is 4.74 Å². The van der Waals surface area contributed by atoms with Gasteiger partial charge in [0.2, 0.25) is 11.8 Å². The Balaban J connectivity index is 1.29. The molecule has 1 aliphatic carbocycles. The maximum atomic E-state index is 14.6. The zero-order chi connectivity index (χ0) is 29.5. The number of likely N-dealkylation sites (tertiary alicyclic amines) is 1. The van der Waals surface area contributed by atoms with Crippen molar-refractivity contribution >= 4 is 5.91 Å². The molecule has 228 valence electrons. The largest absolute Gasteiger partial charge is 0.484 e. The van der Waals surface area contributed by atoms with Crippen molar-refractivity contribution in [3.05, 3.63) is 65.2 Å². The molecule has 4 aliphatic rings. The number of amides is 1. The summed E-state index contributed by atoms with van der Waals surface area (Å²) in [7, 11) is 0. The lowest BCUT2D eigenvalue weighted by molar-refractivity contribution is -0.153. The van der Waals surface area contributed by atoms with E-state index in [-0.39, 0.29) is 42.4 Å². The molecule has 6 rings (SSSR count). The molecule has 0 bridgehead atoms. The Morgan fingerprint density at radius 2 is 1.71 bits per heavy atom. The minimum Gasteiger partial charge on any atom is -0.484 e. The Hall–Kier alpha value is -2.72. The Bertz CT molecular complexity index is 1260. The highest BCUT2D eigenvalue weighted by Crippen LogP contribution is 2.47. The summed E-state index contributed by atoms with van der Waals surface area (Å²) in [6, 6.07) is 15.2. The maximum Gasteiger partial charge on any atom is 0.422 e. The van der Waals surface area contributed by atoms with Crippen molar-refractivity contribution in [3.8, 4) is 5.75 Å². The predicted octanol–water partition coefficient (Wildman–Crippen LogP) is 5.79. The van der Waals surface area contributed by atoms with Gasteiger partial charge in [0.15, 0.2) is 6.61 Å². The maximum absolute atomic E-state index is 14.6. The van der Waals surface area contributed by atoms with Crippen LogP contribution in [0.15, 0.2) is 48.5 Å². The molecular formula is C32H38F5N3O2. The van der Waals surface area contributed by atoms with Crippen molar-refractivity contribution in [2.24, 2.45) is 11.8 Å². The lowest BCUT2D eigenvalue weighted by atomic mass is 9.67. The van der Waals surface area contributed by atoms with Gasteiger partial charge in [0.05, 0.1) is 5.92 Å². The molecule has 0 aromatic heterocycles. The van der Waals surface area contributed by atoms with Crippen molar-refractivity contribution < 1.29 is 31.5 Å². The van der Waals surface area contributed by atoms with Gasteiger partial charge < -0.3 is 20.3 Å². The van der Waals surface area contributed by atoms with Crippen LogP contribution in [0.1, 0.15) is 61.1 Å². The molecule has 2 aromatic rings. The average Bonchev–Trinajstić information content (AvgIpc) is 3.39. The topological polar surface area (TPSA) is 53.6 Å². The fraction of sp³-hybridized carbons (Fsp3) is 0.594. The Morgan fingerprint density at radius 1 is 0.976 bits per heavy atom. The molecule has 1 saturated carbocycles. The first-order chi connectivity index (χ1) is 20.1. The number of piperidine rings is 1. The first kappa shape index (κ1) is 29.4. The lowest BCUT2D eigenvalue weighted by Crippen LogP contribution is -2.57. The first-order valence-electron chi connectivity index (χ1n) is 15.0. The van der Waals surface area contributed by atoms with Crippen molar-refractivity contribution in [2.75, 3.05) is 32.8 Å². The summed E-state index contributed by atoms with van der Waals surface area (Å²) in [5.41, 5.74) is 2.06. The Morgan fingerprint density at radius 3 is 2.45 bits per heavy atom. The number of rotatable bonds is 5. The van der Waals surface area contributed by atoms with E-state index < -0.39 is 30.0 Å². The molecule has 0 radical (unpaired) electrons. The minimum atomic E-state index is -4.46. The molecule has 1 spiro atoms. The van der Waals surface area contributed by atoms with Crippen molar-refractivity contribution in [1.82, 2.24) is 15.5 Å². The van der Waals surface area contributed by atoms with E-state index in [1.54, 1.807) is 12.1 Å². The number of ether oxygens (including phenoxy) is 1. The third kappa shape index (κ3) is 5.76. The van der Waals surface area contributed by atoms with Crippen LogP contribution in [0.2, 0.25) is 0 Å². The molecule has 2 N–H and O–H groups in total. The monoisotopic (exact) mass is 591 g/mol. The van der Waals surface area contributed by atoms with Crippen molar-refractivity contribution in [3.63, 3.8) is 0 Å². The molecule has 2 aromatic carbocycles. The highest BCUT2D eigenvalue weighted by Gasteiger charge is 2.53. The fourth-order valence-corrected chi connectivity index (χ4v) is 7.96. The van der Waals surface area contributed by atoms with Crippen LogP contribution in [0.3, 0.4) is 0 Å². The summed E-state index contributed by atoms with van der Waals surface area (Å²) in [6.07, 6.45) is -2.45. The lowest BCUT2D eigenvalue weighted by Gasteiger charge is -2.48. The summed E-state index contributed by atoms with van der Waals surface area (Å²) in [6.45, 7) is 0.988. The predicted molar refractivity (Wildman–Crippen MR) is 149 cm³/mol. The number of nitrogens with zero attached hydrogens (tertiary/aromatic N) is 1. The van der Waals surface area contributed by atoms with Crippen LogP contribution in [-0.2, 0) is 16.8 Å². The van der Waals surface area contributed by atoms with Crippen molar-refractivity contribution in [2.45, 2.75) is 74.5 Å². The normalized spacial score (nSPS) is 29.8. The standard InChI is InChI=1S/C32H38F5N3O2/c33-31(34)12-9-22(10-13-31)27-15-23(21-5-2-1-3-6-21)11-14-40(27)29(41)26-17-39-19-30(26)18-38-16-24-25(30)7-4-8-28(24)42-20-32(35,36)37/h1-8,22-23,26-27,38-39H,9-20H2. The van der Waals surface area contributed by atoms with Crippen LogP contribution < -0.4 is 15.4 Å². The number of nitrogens with one attached hydrogen (secondary N) is 2. The molecule has 3 heterocycles. The number of carbonyl (C=O) groups excluding carboxylic acids is 1. The molecule has 2 saturated heterocycles. The third-order valence-corrected chi connectivity index (χ3v) is 10.1. The quantitative estimate of drug-likeness (QED) is 0.433. The van der Waals surface area contributed by atoms with E-state index in [1.165, 1.54) is 5.56 Å². The van der Waals surface area contributed by atoms with E-state index in [1.807, 2.05) is 29.2 Å². The summed E-state index contributed by atoms with van der Waals surface area (Å²) >= 11 is 0. The second kappa shape index (κ2) is 11.4. The van der Waals surface area contributed by atoms with Crippen LogP contribution in [-0.4, -0.2) is 61.7 Å². The van der Waals surface area contributed by atoms with E-state index in [2.05, 4.69) is 22.8 Å². The SMILES string of the molecule is O=C(C1CNCC12CNCc1c(OCC(F)(F)F)cccc12)N1CCC(c2ccccc2)CC1C1CCC(F)(F)CC1. The number of fused-ring (bicyclic) bond motifs is 2. The molecular weight excluding hydrogens is 553 g/mol. The minimum absolute atomic E-state index is 0.00420. The van der Waals surface area contributed by atoms with Crippen LogP contribution >= 0.6 is 0 Å². The number of benzene rings is 2. The molecule has 3 aliphatic heterocycles. The molecule has 3 fully saturated rings. The van der Waals surface area contributed by atoms with Gasteiger partial charge in [0.1, 0.15) is 5.75 Å². The van der Waals surface area contributed by atoms with E-state index in [9.17, 15) is 26.7 Å². The van der Waals surface area contributed by atoms with Crippen LogP contribution in [0.5, 0.6) is 5.75 Å². The van der Waals surface area contributed by atoms with Crippen LogP contribution in [0, 0.1) is 11.8 Å². The van der Waals surface area contributed by atoms with Gasteiger partial charge in [-0.25, -0.2) is 8.78 Å². The number of alkyl halides is 5. The average molecular weight is 592 g/mol. The van der Waals surface area contributed by atoms with Crippen LogP contribution in [0.4, 0.5) is 22.0 Å². The Kier molecular flexibility index (Phi) is 7.98. The fourth-order valence-electron chi connectivity index (χ4n) is 7.96. The summed E-state index contributed by atoms with van der Waals surface area (Å²) in [5.74, 6) is -2.65. The molecule has 10 heteroatoms. The summed E-state index contributed by atoms with van der Waals surface area (Å²) < 4.78 is 72.4. The second-order valence-electron chi connectivity index (χ2n) is 12.6. The van der Waals surface area contributed by atoms with E-state index >= 15 is 0 Å². The summed E-state index contributed by atoms with van der Waals surface area (Å²) in [5, 5.41) is 6.76. The van der Waals surface area contributed by atoms with Gasteiger partial charge in [-0.3, -0.25) is 4.79 Å². The molecule has 4 atom stereocenters. The molecule has 42 heavy (non-hydrogen) atoms. The third-order valence-electron chi connectivity index (χ3n) is 10.1. The molecule has 1 amide bonds. The number of carbonyl (C=O) groups is 1. The highest BCUT2D eigenvalue weighted by molar-refractivity contribution is 5.82. The Labute approximate surface area is 243 Å². The molecule has 5 nitrogen and oxygen atoms in total. The van der Waals surface area contributed by atoms with Gasteiger partial charge in [0.25, 0.3) is 0 Å².